The fourth-order valence-corrected chi connectivity index (χ4v) is 0. The molecule has 0 aliphatic rings. The van der Waals surface area contributed by atoms with Crippen LogP contribution in [-0.2, 0) is 32.7 Å². The summed E-state index contributed by atoms with van der Waals surface area (Å²) in [6.07, 6.45) is 0. The van der Waals surface area contributed by atoms with Gasteiger partial charge < -0.3 is 24.4 Å². The van der Waals surface area contributed by atoms with Crippen molar-refractivity contribution in [3.8, 4) is 0 Å². The Kier molecular flexibility index (Phi) is 15.5. The predicted octanol–water partition coefficient (Wildman–Crippen LogP) is -4.37. The minimum Gasteiger partial charge on any atom is -0.861 e. The summed E-state index contributed by atoms with van der Waals surface area (Å²) in [5.74, 6) is 0. The minimum absolute atomic E-state index is 0. The van der Waals surface area contributed by atoms with E-state index in [1.54, 1.807) is 0 Å². The van der Waals surface area contributed by atoms with E-state index in [0.717, 1.165) is 0 Å². The van der Waals surface area contributed by atoms with E-state index >= 15 is 0 Å². The molecule has 9 heavy (non-hydrogen) atoms. The van der Waals surface area contributed by atoms with Crippen molar-refractivity contribution in [3.05, 3.63) is 4.91 Å². The first-order valence-electron chi connectivity index (χ1n) is 1.22. The van der Waals surface area contributed by atoms with Gasteiger partial charge in [-0.1, -0.05) is 0 Å². The first kappa shape index (κ1) is 16.3. The molecule has 0 fully saturated rings. The van der Waals surface area contributed by atoms with Crippen LogP contribution in [0.25, 0.3) is 0 Å². The fourth-order valence-electron chi connectivity index (χ4n) is 0. The molecular weight excluding hydrogens is 227 g/mol. The average Bonchev–Trinajstić information content (AvgIpc) is 1.27. The van der Waals surface area contributed by atoms with Gasteiger partial charge in [-0.2, -0.15) is 0 Å². The molecule has 0 spiro atoms. The zero-order valence-corrected chi connectivity index (χ0v) is 7.89. The van der Waals surface area contributed by atoms with Crippen molar-refractivity contribution in [2.24, 2.45) is 5.34 Å². The van der Waals surface area contributed by atoms with Crippen molar-refractivity contribution in [1.29, 1.82) is 0 Å². The van der Waals surface area contributed by atoms with Gasteiger partial charge in [0.15, 0.2) is 5.34 Å². The van der Waals surface area contributed by atoms with Gasteiger partial charge in [0.2, 0.25) is 0 Å². The monoisotopic (exact) mass is 229 g/mol. The van der Waals surface area contributed by atoms with Crippen molar-refractivity contribution >= 4 is 9.05 Å². The Balaban J connectivity index is -0.0000000800. The standard InChI is InChI=1S/HNO2.HO4Si.Y/c2-1-3;1-5(2,3)4;/h(H,2,3);1H;/q;-3;+3. The predicted molar refractivity (Wildman–Crippen MR) is 15.6 cm³/mol. The SMILES string of the molecule is O=NO.[O-][Si]([O-])([O-])O.[Y+3]. The third-order valence-corrected chi connectivity index (χ3v) is 0. The Morgan fingerprint density at radius 1 is 1.33 bits per heavy atom. The molecule has 2 N–H and O–H groups in total. The molecule has 0 saturated heterocycles. The first-order chi connectivity index (χ1) is 3.41. The molecule has 0 aliphatic heterocycles. The van der Waals surface area contributed by atoms with Crippen LogP contribution in [0.5, 0.6) is 0 Å². The molecule has 0 aromatic carbocycles. The van der Waals surface area contributed by atoms with Gasteiger partial charge in [0.25, 0.3) is 0 Å². The van der Waals surface area contributed by atoms with Crippen LogP contribution in [-0.4, -0.2) is 19.1 Å². The number of hydrogen-bond acceptors (Lipinski definition) is 6. The van der Waals surface area contributed by atoms with Crippen LogP contribution in [0, 0.1) is 4.91 Å². The second-order valence-electron chi connectivity index (χ2n) is 0.606. The van der Waals surface area contributed by atoms with Crippen LogP contribution >= 0.6 is 0 Å². The van der Waals surface area contributed by atoms with E-state index < -0.39 is 9.05 Å². The van der Waals surface area contributed by atoms with Gasteiger partial charge in [0, 0.05) is 0 Å². The van der Waals surface area contributed by atoms with Gasteiger partial charge in [-0.25, -0.2) is 0 Å². The summed E-state index contributed by atoms with van der Waals surface area (Å²) in [4.78, 5) is 41.2. The molecule has 0 amide bonds. The second kappa shape index (κ2) is 8.56. The number of nitrogens with zero attached hydrogens (tertiary/aromatic N) is 1. The molecule has 0 aromatic rings. The molecule has 0 heterocycles. The van der Waals surface area contributed by atoms with Crippen molar-refractivity contribution in [2.75, 3.05) is 0 Å². The first-order valence-corrected chi connectivity index (χ1v) is 2.89. The van der Waals surface area contributed by atoms with Gasteiger partial charge in [-0.3, -0.25) is 0 Å². The molecule has 0 aliphatic carbocycles. The average molecular weight is 229 g/mol. The van der Waals surface area contributed by atoms with E-state index in [4.69, 9.17) is 29.3 Å². The molecule has 0 radical (unpaired) electrons. The van der Waals surface area contributed by atoms with Gasteiger partial charge >= 0.3 is 32.7 Å². The van der Waals surface area contributed by atoms with Crippen LogP contribution in [0.4, 0.5) is 0 Å². The molecule has 0 aromatic heterocycles. The van der Waals surface area contributed by atoms with Crippen LogP contribution in [0.1, 0.15) is 0 Å². The van der Waals surface area contributed by atoms with Gasteiger partial charge in [-0.15, -0.1) is 14.0 Å². The summed E-state index contributed by atoms with van der Waals surface area (Å²) in [5.41, 5.74) is 0. The maximum absolute atomic E-state index is 8.69. The second-order valence-corrected chi connectivity index (χ2v) is 1.65. The van der Waals surface area contributed by atoms with E-state index in [2.05, 4.69) is 0 Å². The summed E-state index contributed by atoms with van der Waals surface area (Å²) in [6, 6.07) is 0. The van der Waals surface area contributed by atoms with E-state index in [9.17, 15) is 0 Å². The maximum atomic E-state index is 8.69. The summed E-state index contributed by atoms with van der Waals surface area (Å²) < 4.78 is 0. The Labute approximate surface area is 76.3 Å². The van der Waals surface area contributed by atoms with Crippen LogP contribution in [0.3, 0.4) is 0 Å². The van der Waals surface area contributed by atoms with Gasteiger partial charge in [-0.05, 0) is 0 Å². The van der Waals surface area contributed by atoms with E-state index in [1.165, 1.54) is 5.34 Å². The van der Waals surface area contributed by atoms with E-state index in [1.807, 2.05) is 0 Å². The van der Waals surface area contributed by atoms with Crippen molar-refractivity contribution in [2.45, 2.75) is 0 Å². The Morgan fingerprint density at radius 2 is 1.33 bits per heavy atom. The fraction of sp³-hybridized carbons (Fsp3) is 0. The summed E-state index contributed by atoms with van der Waals surface area (Å²) in [7, 11) is -5.36. The molecule has 0 rings (SSSR count). The third-order valence-electron chi connectivity index (χ3n) is 0. The molecule has 7 nitrogen and oxygen atoms in total. The van der Waals surface area contributed by atoms with Crippen molar-refractivity contribution in [1.82, 2.24) is 0 Å². The molecule has 9 heteroatoms. The minimum atomic E-state index is -5.36. The van der Waals surface area contributed by atoms with E-state index in [0.29, 0.717) is 0 Å². The normalized spacial score (nSPS) is 8.00. The quantitative estimate of drug-likeness (QED) is 0.244. The van der Waals surface area contributed by atoms with Gasteiger partial charge in [0.05, 0.1) is 0 Å². The zero-order valence-electron chi connectivity index (χ0n) is 4.05. The Hall–Kier alpha value is 0.561. The van der Waals surface area contributed by atoms with Crippen molar-refractivity contribution in [3.63, 3.8) is 0 Å². The largest absolute Gasteiger partial charge is 3.00 e. The molecular formula is H2NO6SiY. The zero-order chi connectivity index (χ0) is 7.21. The van der Waals surface area contributed by atoms with E-state index in [-0.39, 0.29) is 32.7 Å². The molecule has 0 bridgehead atoms. The topological polar surface area (TPSA) is 139 Å². The summed E-state index contributed by atoms with van der Waals surface area (Å²) >= 11 is 0. The number of rotatable bonds is 0. The smallest absolute Gasteiger partial charge is 0.861 e. The molecule has 50 valence electrons. The van der Waals surface area contributed by atoms with Crippen LogP contribution in [0.15, 0.2) is 5.34 Å². The van der Waals surface area contributed by atoms with Crippen molar-refractivity contribution < 1.29 is 57.1 Å². The maximum Gasteiger partial charge on any atom is 3.00 e. The Morgan fingerprint density at radius 3 is 1.33 bits per heavy atom. The summed E-state index contributed by atoms with van der Waals surface area (Å²) in [6.45, 7) is 0. The van der Waals surface area contributed by atoms with Gasteiger partial charge in [0.1, 0.15) is 0 Å². The van der Waals surface area contributed by atoms with Crippen LogP contribution in [0.2, 0.25) is 0 Å². The van der Waals surface area contributed by atoms with Crippen LogP contribution < -0.4 is 14.4 Å². The molecule has 0 unspecified atom stereocenters. The third kappa shape index (κ3) is 1170. The Bertz CT molecular complexity index is 52.6. The summed E-state index contributed by atoms with van der Waals surface area (Å²) in [5, 5.41) is 7.89. The molecule has 0 saturated carbocycles. The number of hydrogen-bond donors (Lipinski definition) is 2. The molecule has 0 atom stereocenters.